The Bertz CT molecular complexity index is 1170. The Morgan fingerprint density at radius 2 is 1.41 bits per heavy atom. The van der Waals surface area contributed by atoms with Gasteiger partial charge in [-0.05, 0) is 69.2 Å². The van der Waals surface area contributed by atoms with Crippen molar-refractivity contribution in [3.63, 3.8) is 0 Å². The minimum atomic E-state index is -3.84. The highest BCUT2D eigenvalue weighted by Crippen LogP contribution is 2.24. The number of benzene rings is 3. The molecule has 0 aliphatic carbocycles. The first-order chi connectivity index (χ1) is 13.7. The van der Waals surface area contributed by atoms with Crippen molar-refractivity contribution in [3.8, 4) is 0 Å². The van der Waals surface area contributed by atoms with Crippen LogP contribution in [0.4, 0.5) is 11.4 Å². The van der Waals surface area contributed by atoms with Crippen LogP contribution in [0.25, 0.3) is 0 Å². The summed E-state index contributed by atoms with van der Waals surface area (Å²) in [6, 6.07) is 17.6. The minimum Gasteiger partial charge on any atom is -0.322 e. The maximum atomic E-state index is 13.0. The topological polar surface area (TPSA) is 75.3 Å². The molecule has 0 aliphatic heterocycles. The second-order valence-corrected chi connectivity index (χ2v) is 8.88. The molecule has 3 rings (SSSR count). The van der Waals surface area contributed by atoms with E-state index < -0.39 is 10.0 Å². The number of hydrogen-bond donors (Lipinski definition) is 2. The Balaban J connectivity index is 1.89. The molecule has 0 radical (unpaired) electrons. The number of rotatable bonds is 5. The van der Waals surface area contributed by atoms with Crippen molar-refractivity contribution in [2.75, 3.05) is 10.0 Å². The van der Waals surface area contributed by atoms with Crippen LogP contribution in [0, 0.1) is 27.7 Å². The van der Waals surface area contributed by atoms with Crippen LogP contribution >= 0.6 is 0 Å². The first kappa shape index (κ1) is 20.6. The fourth-order valence-corrected chi connectivity index (χ4v) is 4.40. The number of carbonyl (C=O) groups excluding carboxylic acids is 1. The largest absolute Gasteiger partial charge is 0.322 e. The lowest BCUT2D eigenvalue weighted by Crippen LogP contribution is -2.17. The van der Waals surface area contributed by atoms with Gasteiger partial charge in [-0.3, -0.25) is 9.52 Å². The molecule has 0 aromatic heterocycles. The Morgan fingerprint density at radius 1 is 0.759 bits per heavy atom. The highest BCUT2D eigenvalue weighted by atomic mass is 32.2. The van der Waals surface area contributed by atoms with Crippen molar-refractivity contribution in [1.82, 2.24) is 0 Å². The molecular formula is C23H24N2O3S. The third kappa shape index (κ3) is 4.84. The monoisotopic (exact) mass is 408 g/mol. The quantitative estimate of drug-likeness (QED) is 0.626. The summed E-state index contributed by atoms with van der Waals surface area (Å²) in [6.45, 7) is 7.47. The van der Waals surface area contributed by atoms with E-state index in [-0.39, 0.29) is 16.4 Å². The van der Waals surface area contributed by atoms with Crippen LogP contribution in [0.3, 0.4) is 0 Å². The van der Waals surface area contributed by atoms with E-state index in [1.807, 2.05) is 45.0 Å². The first-order valence-electron chi connectivity index (χ1n) is 9.24. The molecule has 2 N–H and O–H groups in total. The molecule has 0 fully saturated rings. The van der Waals surface area contributed by atoms with Crippen molar-refractivity contribution in [2.45, 2.75) is 32.6 Å². The summed E-state index contributed by atoms with van der Waals surface area (Å²) in [5.74, 6) is -0.364. The van der Waals surface area contributed by atoms with Gasteiger partial charge in [0.2, 0.25) is 0 Å². The number of hydrogen-bond acceptors (Lipinski definition) is 3. The lowest BCUT2D eigenvalue weighted by molar-refractivity contribution is 0.102. The molecule has 150 valence electrons. The summed E-state index contributed by atoms with van der Waals surface area (Å²) in [5.41, 5.74) is 4.98. The smallest absolute Gasteiger partial charge is 0.262 e. The van der Waals surface area contributed by atoms with E-state index in [9.17, 15) is 13.2 Å². The summed E-state index contributed by atoms with van der Waals surface area (Å²) in [7, 11) is -3.84. The van der Waals surface area contributed by atoms with Gasteiger partial charge in [-0.2, -0.15) is 0 Å². The molecule has 0 spiro atoms. The van der Waals surface area contributed by atoms with Crippen molar-refractivity contribution in [1.29, 1.82) is 0 Å². The molecule has 5 nitrogen and oxygen atoms in total. The van der Waals surface area contributed by atoms with Crippen LogP contribution in [0.5, 0.6) is 0 Å². The second-order valence-electron chi connectivity index (χ2n) is 7.22. The number of aryl methyl sites for hydroxylation is 4. The van der Waals surface area contributed by atoms with Gasteiger partial charge < -0.3 is 5.32 Å². The Labute approximate surface area is 171 Å². The van der Waals surface area contributed by atoms with Gasteiger partial charge >= 0.3 is 0 Å². The van der Waals surface area contributed by atoms with E-state index in [2.05, 4.69) is 10.0 Å². The van der Waals surface area contributed by atoms with Crippen molar-refractivity contribution < 1.29 is 13.2 Å². The van der Waals surface area contributed by atoms with E-state index in [0.717, 1.165) is 16.7 Å². The van der Waals surface area contributed by atoms with E-state index in [4.69, 9.17) is 0 Å². The van der Waals surface area contributed by atoms with Crippen LogP contribution < -0.4 is 10.0 Å². The van der Waals surface area contributed by atoms with E-state index in [1.54, 1.807) is 37.3 Å². The molecule has 0 saturated heterocycles. The first-order valence-corrected chi connectivity index (χ1v) is 10.7. The van der Waals surface area contributed by atoms with Gasteiger partial charge in [0, 0.05) is 11.3 Å². The molecule has 3 aromatic carbocycles. The highest BCUT2D eigenvalue weighted by molar-refractivity contribution is 7.92. The normalized spacial score (nSPS) is 11.2. The van der Waals surface area contributed by atoms with Crippen molar-refractivity contribution >= 4 is 27.3 Å². The standard InChI is InChI=1S/C23H24N2O3S/c1-15-5-10-20(11-6-15)24-23(26)19-9-8-17(3)22(14-19)29(27,28)25-21-12-7-16(2)13-18(21)4/h5-14,25H,1-4H3,(H,24,26). The Kier molecular flexibility index (Phi) is 5.75. The average Bonchev–Trinajstić information content (AvgIpc) is 2.66. The molecule has 0 saturated carbocycles. The number of nitrogens with one attached hydrogen (secondary N) is 2. The molecule has 1 amide bonds. The van der Waals surface area contributed by atoms with Gasteiger partial charge in [-0.1, -0.05) is 41.5 Å². The van der Waals surface area contributed by atoms with Crippen molar-refractivity contribution in [3.05, 3.63) is 88.5 Å². The van der Waals surface area contributed by atoms with Crippen molar-refractivity contribution in [2.24, 2.45) is 0 Å². The van der Waals surface area contributed by atoms with Gasteiger partial charge in [0.05, 0.1) is 10.6 Å². The Hall–Kier alpha value is -3.12. The van der Waals surface area contributed by atoms with Crippen LogP contribution in [-0.4, -0.2) is 14.3 Å². The predicted molar refractivity (Wildman–Crippen MR) is 117 cm³/mol. The van der Waals surface area contributed by atoms with Crippen LogP contribution in [0.1, 0.15) is 32.6 Å². The number of amides is 1. The second kappa shape index (κ2) is 8.09. The minimum absolute atomic E-state index is 0.0778. The average molecular weight is 409 g/mol. The molecule has 0 atom stereocenters. The van der Waals surface area contributed by atoms with Crippen LogP contribution in [-0.2, 0) is 10.0 Å². The molecule has 0 bridgehead atoms. The summed E-state index contributed by atoms with van der Waals surface area (Å²) >= 11 is 0. The zero-order valence-electron chi connectivity index (χ0n) is 16.9. The van der Waals surface area contributed by atoms with Crippen LogP contribution in [0.15, 0.2) is 65.6 Å². The summed E-state index contributed by atoms with van der Waals surface area (Å²) < 4.78 is 28.6. The van der Waals surface area contributed by atoms with Gasteiger partial charge in [0.25, 0.3) is 15.9 Å². The Morgan fingerprint density at radius 3 is 2.07 bits per heavy atom. The molecular weight excluding hydrogens is 384 g/mol. The maximum absolute atomic E-state index is 13.0. The third-order valence-corrected chi connectivity index (χ3v) is 6.18. The lowest BCUT2D eigenvalue weighted by Gasteiger charge is -2.14. The molecule has 6 heteroatoms. The SMILES string of the molecule is Cc1ccc(NC(=O)c2ccc(C)c(S(=O)(=O)Nc3ccc(C)cc3C)c2)cc1. The predicted octanol–water partition coefficient (Wildman–Crippen LogP) is 4.97. The van der Waals surface area contributed by atoms with E-state index in [1.165, 1.54) is 6.07 Å². The zero-order chi connectivity index (χ0) is 21.2. The van der Waals surface area contributed by atoms with E-state index >= 15 is 0 Å². The molecule has 0 heterocycles. The van der Waals surface area contributed by atoms with Gasteiger partial charge in [0.1, 0.15) is 0 Å². The number of anilines is 2. The summed E-state index contributed by atoms with van der Waals surface area (Å²) in [4.78, 5) is 12.7. The fraction of sp³-hybridized carbons (Fsp3) is 0.174. The summed E-state index contributed by atoms with van der Waals surface area (Å²) in [5, 5.41) is 2.79. The number of carbonyl (C=O) groups is 1. The maximum Gasteiger partial charge on any atom is 0.262 e. The molecule has 0 aliphatic rings. The van der Waals surface area contributed by atoms with Gasteiger partial charge in [-0.15, -0.1) is 0 Å². The third-order valence-electron chi connectivity index (χ3n) is 4.68. The van der Waals surface area contributed by atoms with E-state index in [0.29, 0.717) is 16.9 Å². The molecule has 3 aromatic rings. The lowest BCUT2D eigenvalue weighted by atomic mass is 10.1. The van der Waals surface area contributed by atoms with Crippen LogP contribution in [0.2, 0.25) is 0 Å². The zero-order valence-corrected chi connectivity index (χ0v) is 17.7. The number of sulfonamides is 1. The fourth-order valence-electron chi connectivity index (χ4n) is 3.00. The highest BCUT2D eigenvalue weighted by Gasteiger charge is 2.20. The van der Waals surface area contributed by atoms with Gasteiger partial charge in [0.15, 0.2) is 0 Å². The molecule has 29 heavy (non-hydrogen) atoms. The van der Waals surface area contributed by atoms with Gasteiger partial charge in [-0.25, -0.2) is 8.42 Å². The molecule has 0 unspecified atom stereocenters. The summed E-state index contributed by atoms with van der Waals surface area (Å²) in [6.07, 6.45) is 0.